The van der Waals surface area contributed by atoms with Crippen LogP contribution in [0.5, 0.6) is 0 Å². The van der Waals surface area contributed by atoms with Crippen LogP contribution in [-0.2, 0) is 28.6 Å². The third kappa shape index (κ3) is 10.4. The first kappa shape index (κ1) is 29.5. The van der Waals surface area contributed by atoms with Gasteiger partial charge in [-0.05, 0) is 38.0 Å². The molecule has 2 aliphatic rings. The number of methoxy groups -OCH3 is 1. The number of hydrogen-bond donors (Lipinski definition) is 1. The van der Waals surface area contributed by atoms with Gasteiger partial charge in [0.15, 0.2) is 0 Å². The molecule has 0 bridgehead atoms. The molecule has 0 spiro atoms. The molecule has 1 heterocycles. The highest BCUT2D eigenvalue weighted by atomic mass is 16.6. The van der Waals surface area contributed by atoms with Crippen molar-refractivity contribution in [3.63, 3.8) is 0 Å². The molecule has 5 unspecified atom stereocenters. The van der Waals surface area contributed by atoms with Gasteiger partial charge in [0.05, 0.1) is 31.7 Å². The van der Waals surface area contributed by atoms with E-state index in [9.17, 15) is 14.4 Å². The van der Waals surface area contributed by atoms with Crippen molar-refractivity contribution in [3.8, 4) is 0 Å². The minimum Gasteiger partial charge on any atom is -0.393 e. The van der Waals surface area contributed by atoms with Crippen molar-refractivity contribution in [2.24, 2.45) is 23.7 Å². The minimum atomic E-state index is -0.322. The zero-order valence-corrected chi connectivity index (χ0v) is 22.1. The molecular formula is C28H47NO6. The Morgan fingerprint density at radius 1 is 0.914 bits per heavy atom. The highest BCUT2D eigenvalue weighted by Gasteiger charge is 2.51. The molecule has 0 aromatic rings. The van der Waals surface area contributed by atoms with E-state index in [0.717, 1.165) is 51.4 Å². The number of nitrogens with one attached hydrogen (secondary N) is 1. The van der Waals surface area contributed by atoms with Gasteiger partial charge in [-0.3, -0.25) is 14.4 Å². The number of esters is 2. The maximum absolute atomic E-state index is 12.4. The molecule has 35 heavy (non-hydrogen) atoms. The summed E-state index contributed by atoms with van der Waals surface area (Å²) in [6.07, 6.45) is 16.5. The van der Waals surface area contributed by atoms with Crippen LogP contribution in [0.15, 0.2) is 12.2 Å². The summed E-state index contributed by atoms with van der Waals surface area (Å²) in [5.41, 5.74) is 0. The quantitative estimate of drug-likeness (QED) is 0.118. The molecule has 1 aliphatic heterocycles. The number of rotatable bonds is 19. The van der Waals surface area contributed by atoms with E-state index in [0.29, 0.717) is 26.2 Å². The monoisotopic (exact) mass is 493 g/mol. The van der Waals surface area contributed by atoms with Gasteiger partial charge in [0, 0.05) is 19.6 Å². The predicted molar refractivity (Wildman–Crippen MR) is 136 cm³/mol. The number of hydrogen-bond acceptors (Lipinski definition) is 6. The van der Waals surface area contributed by atoms with Crippen molar-refractivity contribution in [2.45, 2.75) is 96.9 Å². The highest BCUT2D eigenvalue weighted by molar-refractivity contribution is 5.97. The fourth-order valence-corrected chi connectivity index (χ4v) is 5.28. The summed E-state index contributed by atoms with van der Waals surface area (Å²) >= 11 is 0. The smallest absolute Gasteiger partial charge is 0.318 e. The van der Waals surface area contributed by atoms with E-state index in [4.69, 9.17) is 14.2 Å². The van der Waals surface area contributed by atoms with Crippen LogP contribution in [0.3, 0.4) is 0 Å². The van der Waals surface area contributed by atoms with Crippen LogP contribution in [0.25, 0.3) is 0 Å². The third-order valence-electron chi connectivity index (χ3n) is 7.20. The molecule has 5 atom stereocenters. The van der Waals surface area contributed by atoms with Crippen molar-refractivity contribution >= 4 is 17.8 Å². The SMILES string of the molecule is CCCCCCC1C=CC(CCCCCCCC(=O)NC(C)COCCOC)C2C(=O)OC(=O)C12. The van der Waals surface area contributed by atoms with Gasteiger partial charge in [-0.2, -0.15) is 0 Å². The number of allylic oxidation sites excluding steroid dienone is 2. The summed E-state index contributed by atoms with van der Waals surface area (Å²) in [6, 6.07) is -0.00294. The number of cyclic esters (lactones) is 2. The van der Waals surface area contributed by atoms with Crippen LogP contribution >= 0.6 is 0 Å². The minimum absolute atomic E-state index is 0.00294. The number of ether oxygens (including phenoxy) is 3. The Labute approximate surface area is 211 Å². The topological polar surface area (TPSA) is 90.9 Å². The van der Waals surface area contributed by atoms with Gasteiger partial charge in [0.1, 0.15) is 0 Å². The normalized spacial score (nSPS) is 24.3. The van der Waals surface area contributed by atoms with Gasteiger partial charge in [-0.1, -0.05) is 70.4 Å². The molecule has 200 valence electrons. The Kier molecular flexibility index (Phi) is 14.2. The van der Waals surface area contributed by atoms with Gasteiger partial charge in [0.25, 0.3) is 0 Å². The average Bonchev–Trinajstić information content (AvgIpc) is 3.14. The van der Waals surface area contributed by atoms with Crippen molar-refractivity contribution in [1.29, 1.82) is 0 Å². The standard InChI is InChI=1S/C28H47NO6/c1-4-5-6-10-13-22-16-17-23(26-25(22)27(31)35-28(26)32)14-11-8-7-9-12-15-24(30)29-21(2)20-34-19-18-33-3/h16-17,21-23,25-26H,4-15,18-20H2,1-3H3,(H,29,30). The molecule has 7 heteroatoms. The Morgan fingerprint density at radius 3 is 2.09 bits per heavy atom. The lowest BCUT2D eigenvalue weighted by Gasteiger charge is -2.31. The molecule has 0 aromatic carbocycles. The van der Waals surface area contributed by atoms with Crippen LogP contribution in [0.2, 0.25) is 0 Å². The average molecular weight is 494 g/mol. The Morgan fingerprint density at radius 2 is 1.49 bits per heavy atom. The van der Waals surface area contributed by atoms with Gasteiger partial charge in [-0.15, -0.1) is 0 Å². The number of fused-ring (bicyclic) bond motifs is 1. The van der Waals surface area contributed by atoms with E-state index >= 15 is 0 Å². The van der Waals surface area contributed by atoms with Crippen molar-refractivity contribution < 1.29 is 28.6 Å². The van der Waals surface area contributed by atoms with Crippen LogP contribution in [0.4, 0.5) is 0 Å². The highest BCUT2D eigenvalue weighted by Crippen LogP contribution is 2.44. The number of unbranched alkanes of at least 4 members (excludes halogenated alkanes) is 7. The van der Waals surface area contributed by atoms with Crippen molar-refractivity contribution in [3.05, 3.63) is 12.2 Å². The second-order valence-electron chi connectivity index (χ2n) is 10.2. The second kappa shape index (κ2) is 16.9. The molecule has 1 saturated heterocycles. The number of amides is 1. The molecule has 1 amide bonds. The fourth-order valence-electron chi connectivity index (χ4n) is 5.28. The molecule has 7 nitrogen and oxygen atoms in total. The first-order chi connectivity index (χ1) is 17.0. The summed E-state index contributed by atoms with van der Waals surface area (Å²) in [5.74, 6) is -0.915. The largest absolute Gasteiger partial charge is 0.393 e. The first-order valence-corrected chi connectivity index (χ1v) is 13.8. The zero-order chi connectivity index (χ0) is 25.5. The summed E-state index contributed by atoms with van der Waals surface area (Å²) in [5, 5.41) is 2.97. The Hall–Kier alpha value is -1.73. The first-order valence-electron chi connectivity index (χ1n) is 13.8. The Bertz CT molecular complexity index is 678. The van der Waals surface area contributed by atoms with E-state index in [-0.39, 0.29) is 47.6 Å². The van der Waals surface area contributed by atoms with E-state index < -0.39 is 0 Å². The predicted octanol–water partition coefficient (Wildman–Crippen LogP) is 4.97. The zero-order valence-electron chi connectivity index (χ0n) is 22.1. The van der Waals surface area contributed by atoms with Gasteiger partial charge >= 0.3 is 11.9 Å². The number of carbonyl (C=O) groups excluding carboxylic acids is 3. The molecule has 0 aromatic heterocycles. The second-order valence-corrected chi connectivity index (χ2v) is 10.2. The summed E-state index contributed by atoms with van der Waals surface area (Å²) in [6.45, 7) is 5.71. The van der Waals surface area contributed by atoms with E-state index in [1.54, 1.807) is 7.11 Å². The van der Waals surface area contributed by atoms with E-state index in [1.165, 1.54) is 19.3 Å². The van der Waals surface area contributed by atoms with Gasteiger partial charge < -0.3 is 19.5 Å². The fraction of sp³-hybridized carbons (Fsp3) is 0.821. The molecule has 0 radical (unpaired) electrons. The molecular weight excluding hydrogens is 446 g/mol. The molecule has 1 aliphatic carbocycles. The van der Waals surface area contributed by atoms with Crippen LogP contribution in [-0.4, -0.2) is 50.8 Å². The molecule has 1 N–H and O–H groups in total. The van der Waals surface area contributed by atoms with Crippen molar-refractivity contribution in [2.75, 3.05) is 26.9 Å². The Balaban J connectivity index is 1.61. The van der Waals surface area contributed by atoms with Gasteiger partial charge in [-0.25, -0.2) is 0 Å². The molecule has 1 fully saturated rings. The van der Waals surface area contributed by atoms with Gasteiger partial charge in [0.2, 0.25) is 5.91 Å². The maximum Gasteiger partial charge on any atom is 0.318 e. The summed E-state index contributed by atoms with van der Waals surface area (Å²) < 4.78 is 15.4. The third-order valence-corrected chi connectivity index (χ3v) is 7.20. The lowest BCUT2D eigenvalue weighted by Crippen LogP contribution is -2.36. The van der Waals surface area contributed by atoms with Crippen molar-refractivity contribution in [1.82, 2.24) is 5.32 Å². The van der Waals surface area contributed by atoms with E-state index in [2.05, 4.69) is 24.4 Å². The molecule has 0 saturated carbocycles. The lowest BCUT2D eigenvalue weighted by molar-refractivity contribution is -0.154. The van der Waals surface area contributed by atoms with Crippen LogP contribution in [0, 0.1) is 23.7 Å². The summed E-state index contributed by atoms with van der Waals surface area (Å²) in [7, 11) is 1.63. The number of carbonyl (C=O) groups is 3. The maximum atomic E-state index is 12.4. The van der Waals surface area contributed by atoms with Crippen LogP contribution in [0.1, 0.15) is 90.9 Å². The summed E-state index contributed by atoms with van der Waals surface area (Å²) in [4.78, 5) is 36.9. The van der Waals surface area contributed by atoms with Crippen LogP contribution < -0.4 is 5.32 Å². The molecule has 2 rings (SSSR count). The lowest BCUT2D eigenvalue weighted by atomic mass is 9.69. The van der Waals surface area contributed by atoms with E-state index in [1.807, 2.05) is 6.92 Å².